The summed E-state index contributed by atoms with van der Waals surface area (Å²) in [7, 11) is 0. The van der Waals surface area contributed by atoms with Gasteiger partial charge in [0.1, 0.15) is 18.2 Å². The second kappa shape index (κ2) is 7.32. The summed E-state index contributed by atoms with van der Waals surface area (Å²) in [6, 6.07) is 14.8. The zero-order valence-electron chi connectivity index (χ0n) is 14.7. The lowest BCUT2D eigenvalue weighted by Crippen LogP contribution is -2.23. The molecule has 0 saturated heterocycles. The lowest BCUT2D eigenvalue weighted by molar-refractivity contribution is 0.171. The minimum Gasteiger partial charge on any atom is -0.486 e. The molecule has 2 aromatic carbocycles. The minimum absolute atomic E-state index is 0.0956. The Labute approximate surface area is 161 Å². The first-order chi connectivity index (χ1) is 13.1. The van der Waals surface area contributed by atoms with E-state index in [-0.39, 0.29) is 16.6 Å². The number of ether oxygens (including phenoxy) is 2. The molecule has 1 atom stereocenters. The molecular weight excluding hydrogens is 366 g/mol. The molecule has 7 heteroatoms. The molecule has 1 aliphatic heterocycles. The van der Waals surface area contributed by atoms with E-state index in [1.807, 2.05) is 43.3 Å². The van der Waals surface area contributed by atoms with Crippen LogP contribution in [0.3, 0.4) is 0 Å². The highest BCUT2D eigenvalue weighted by Crippen LogP contribution is 2.33. The van der Waals surface area contributed by atoms with Gasteiger partial charge in [0, 0.05) is 6.04 Å². The molecule has 0 saturated carbocycles. The van der Waals surface area contributed by atoms with Gasteiger partial charge < -0.3 is 14.8 Å². The zero-order valence-corrected chi connectivity index (χ0v) is 15.4. The first-order valence-electron chi connectivity index (χ1n) is 8.63. The van der Waals surface area contributed by atoms with E-state index >= 15 is 0 Å². The number of para-hydroxylation sites is 1. The van der Waals surface area contributed by atoms with Crippen LogP contribution in [0.25, 0.3) is 5.69 Å². The van der Waals surface area contributed by atoms with Crippen LogP contribution in [0, 0.1) is 0 Å². The summed E-state index contributed by atoms with van der Waals surface area (Å²) < 4.78 is 12.5. The fourth-order valence-corrected chi connectivity index (χ4v) is 3.12. The smallest absolute Gasteiger partial charge is 0.292 e. The molecule has 0 aliphatic carbocycles. The van der Waals surface area contributed by atoms with Crippen molar-refractivity contribution in [2.75, 3.05) is 18.5 Å². The van der Waals surface area contributed by atoms with Gasteiger partial charge in [0.05, 0.1) is 17.6 Å². The van der Waals surface area contributed by atoms with E-state index in [0.717, 1.165) is 17.1 Å². The van der Waals surface area contributed by atoms with Crippen LogP contribution in [-0.2, 0) is 0 Å². The SMILES string of the molecule is C[C@@H](Nc1cnn(-c2ccccc2)c(=O)c1Cl)c1ccc2c(c1)OCCO2. The highest BCUT2D eigenvalue weighted by atomic mass is 35.5. The van der Waals surface area contributed by atoms with Crippen molar-refractivity contribution in [1.29, 1.82) is 0 Å². The number of hydrogen-bond acceptors (Lipinski definition) is 5. The van der Waals surface area contributed by atoms with Crippen molar-refractivity contribution < 1.29 is 9.47 Å². The van der Waals surface area contributed by atoms with Crippen LogP contribution in [0.4, 0.5) is 5.69 Å². The van der Waals surface area contributed by atoms with Crippen LogP contribution in [-0.4, -0.2) is 23.0 Å². The second-order valence-corrected chi connectivity index (χ2v) is 6.57. The van der Waals surface area contributed by atoms with Crippen molar-refractivity contribution >= 4 is 17.3 Å². The number of halogens is 1. The fourth-order valence-electron chi connectivity index (χ4n) is 2.93. The topological polar surface area (TPSA) is 65.4 Å². The molecule has 138 valence electrons. The predicted octanol–water partition coefficient (Wildman–Crippen LogP) is 3.83. The number of nitrogens with one attached hydrogen (secondary N) is 1. The molecular formula is C20H18ClN3O3. The molecule has 27 heavy (non-hydrogen) atoms. The van der Waals surface area contributed by atoms with Crippen LogP contribution in [0.5, 0.6) is 11.5 Å². The van der Waals surface area contributed by atoms with Crippen molar-refractivity contribution in [3.05, 3.63) is 75.7 Å². The van der Waals surface area contributed by atoms with Crippen LogP contribution >= 0.6 is 11.6 Å². The summed E-state index contributed by atoms with van der Waals surface area (Å²) in [5.41, 5.74) is 1.76. The molecule has 6 nitrogen and oxygen atoms in total. The average molecular weight is 384 g/mol. The number of anilines is 1. The first kappa shape index (κ1) is 17.4. The van der Waals surface area contributed by atoms with E-state index in [2.05, 4.69) is 10.4 Å². The zero-order chi connectivity index (χ0) is 18.8. The Balaban J connectivity index is 1.59. The number of nitrogens with zero attached hydrogens (tertiary/aromatic N) is 2. The number of hydrogen-bond donors (Lipinski definition) is 1. The van der Waals surface area contributed by atoms with E-state index in [4.69, 9.17) is 21.1 Å². The van der Waals surface area contributed by atoms with Gasteiger partial charge >= 0.3 is 0 Å². The quantitative estimate of drug-likeness (QED) is 0.741. The van der Waals surface area contributed by atoms with E-state index in [1.165, 1.54) is 4.68 Å². The van der Waals surface area contributed by atoms with Crippen LogP contribution in [0.1, 0.15) is 18.5 Å². The molecule has 2 heterocycles. The van der Waals surface area contributed by atoms with Crippen molar-refractivity contribution in [2.45, 2.75) is 13.0 Å². The third-order valence-corrected chi connectivity index (χ3v) is 4.72. The minimum atomic E-state index is -0.373. The number of rotatable bonds is 4. The van der Waals surface area contributed by atoms with Gasteiger partial charge in [-0.1, -0.05) is 35.9 Å². The monoisotopic (exact) mass is 383 g/mol. The number of benzene rings is 2. The van der Waals surface area contributed by atoms with Crippen LogP contribution < -0.4 is 20.3 Å². The molecule has 3 aromatic rings. The van der Waals surface area contributed by atoms with Gasteiger partial charge in [-0.25, -0.2) is 0 Å². The van der Waals surface area contributed by atoms with Crippen molar-refractivity contribution in [2.24, 2.45) is 0 Å². The summed E-state index contributed by atoms with van der Waals surface area (Å²) in [5, 5.41) is 7.58. The van der Waals surface area contributed by atoms with Gasteiger partial charge in [-0.15, -0.1) is 0 Å². The van der Waals surface area contributed by atoms with E-state index in [0.29, 0.717) is 24.6 Å². The maximum atomic E-state index is 12.6. The van der Waals surface area contributed by atoms with Gasteiger partial charge in [0.25, 0.3) is 5.56 Å². The van der Waals surface area contributed by atoms with Crippen molar-refractivity contribution in [3.63, 3.8) is 0 Å². The van der Waals surface area contributed by atoms with Crippen LogP contribution in [0.2, 0.25) is 5.02 Å². The standard InChI is InChI=1S/C20H18ClN3O3/c1-13(14-7-8-17-18(11-14)27-10-9-26-17)23-16-12-22-24(20(25)19(16)21)15-5-3-2-4-6-15/h2-8,11-13,23H,9-10H2,1H3/t13-/m1/s1. The largest absolute Gasteiger partial charge is 0.486 e. The third-order valence-electron chi connectivity index (χ3n) is 4.36. The maximum Gasteiger partial charge on any atom is 0.292 e. The molecule has 1 N–H and O–H groups in total. The van der Waals surface area contributed by atoms with Crippen molar-refractivity contribution in [3.8, 4) is 17.2 Å². The lowest BCUT2D eigenvalue weighted by atomic mass is 10.1. The van der Waals surface area contributed by atoms with Crippen LogP contribution in [0.15, 0.2) is 59.5 Å². The highest BCUT2D eigenvalue weighted by molar-refractivity contribution is 6.33. The van der Waals surface area contributed by atoms with Gasteiger partial charge in [0.15, 0.2) is 11.5 Å². The Morgan fingerprint density at radius 3 is 2.63 bits per heavy atom. The van der Waals surface area contributed by atoms with Gasteiger partial charge in [0.2, 0.25) is 0 Å². The van der Waals surface area contributed by atoms with Gasteiger partial charge in [-0.2, -0.15) is 9.78 Å². The van der Waals surface area contributed by atoms with E-state index < -0.39 is 0 Å². The summed E-state index contributed by atoms with van der Waals surface area (Å²) in [6.07, 6.45) is 1.56. The Hall–Kier alpha value is -2.99. The average Bonchev–Trinajstić information content (AvgIpc) is 2.72. The summed E-state index contributed by atoms with van der Waals surface area (Å²) in [4.78, 5) is 12.6. The molecule has 0 bridgehead atoms. The molecule has 0 amide bonds. The van der Waals surface area contributed by atoms with Gasteiger partial charge in [-0.3, -0.25) is 4.79 Å². The van der Waals surface area contributed by atoms with E-state index in [1.54, 1.807) is 18.3 Å². The fraction of sp³-hybridized carbons (Fsp3) is 0.200. The number of aromatic nitrogens is 2. The summed E-state index contributed by atoms with van der Waals surface area (Å²) >= 11 is 6.31. The molecule has 1 aliphatic rings. The first-order valence-corrected chi connectivity index (χ1v) is 9.00. The molecule has 0 spiro atoms. The van der Waals surface area contributed by atoms with Gasteiger partial charge in [-0.05, 0) is 36.8 Å². The molecule has 0 unspecified atom stereocenters. The second-order valence-electron chi connectivity index (χ2n) is 6.19. The Kier molecular flexibility index (Phi) is 4.73. The molecule has 0 fully saturated rings. The summed E-state index contributed by atoms with van der Waals surface area (Å²) in [6.45, 7) is 3.06. The Morgan fingerprint density at radius 1 is 1.11 bits per heavy atom. The van der Waals surface area contributed by atoms with Crippen molar-refractivity contribution in [1.82, 2.24) is 9.78 Å². The summed E-state index contributed by atoms with van der Waals surface area (Å²) in [5.74, 6) is 1.46. The highest BCUT2D eigenvalue weighted by Gasteiger charge is 2.17. The Morgan fingerprint density at radius 2 is 1.85 bits per heavy atom. The lowest BCUT2D eigenvalue weighted by Gasteiger charge is -2.21. The van der Waals surface area contributed by atoms with E-state index in [9.17, 15) is 4.79 Å². The number of fused-ring (bicyclic) bond motifs is 1. The third kappa shape index (κ3) is 3.48. The normalized spacial score (nSPS) is 13.9. The molecule has 0 radical (unpaired) electrons. The maximum absolute atomic E-state index is 12.6. The molecule has 1 aromatic heterocycles. The molecule has 4 rings (SSSR count). The Bertz CT molecular complexity index is 1020. The predicted molar refractivity (Wildman–Crippen MR) is 104 cm³/mol.